The Bertz CT molecular complexity index is 928. The number of fused-ring (bicyclic) bond motifs is 1. The fourth-order valence-electron chi connectivity index (χ4n) is 3.84. The van der Waals surface area contributed by atoms with Crippen molar-refractivity contribution in [2.75, 3.05) is 20.1 Å². The Hall–Kier alpha value is -2.47. The van der Waals surface area contributed by atoms with Gasteiger partial charge in [-0.15, -0.1) is 0 Å². The second-order valence-corrected chi connectivity index (χ2v) is 7.09. The van der Waals surface area contributed by atoms with E-state index in [1.165, 1.54) is 45.6 Å². The third-order valence-corrected chi connectivity index (χ3v) is 5.35. The number of H-pyrrole nitrogens is 2. The van der Waals surface area contributed by atoms with Crippen LogP contribution in [0.1, 0.15) is 29.9 Å². The van der Waals surface area contributed by atoms with Gasteiger partial charge in [0.15, 0.2) is 0 Å². The Morgan fingerprint density at radius 1 is 1.28 bits per heavy atom. The van der Waals surface area contributed by atoms with Crippen molar-refractivity contribution in [2.45, 2.75) is 31.7 Å². The first kappa shape index (κ1) is 16.0. The highest BCUT2D eigenvalue weighted by Crippen LogP contribution is 2.33. The predicted molar refractivity (Wildman–Crippen MR) is 98.2 cm³/mol. The molecule has 0 aliphatic carbocycles. The normalized spacial score (nSPS) is 16.7. The van der Waals surface area contributed by atoms with Gasteiger partial charge < -0.3 is 15.0 Å². The van der Waals surface area contributed by atoms with Crippen molar-refractivity contribution in [3.63, 3.8) is 0 Å². The highest BCUT2D eigenvalue weighted by molar-refractivity contribution is 5.84. The average molecular weight is 340 g/mol. The second kappa shape index (κ2) is 6.44. The molecule has 1 saturated heterocycles. The van der Waals surface area contributed by atoms with Crippen molar-refractivity contribution in [2.24, 2.45) is 0 Å². The van der Waals surface area contributed by atoms with Crippen LogP contribution in [0, 0.1) is 0 Å². The van der Waals surface area contributed by atoms with E-state index in [0.717, 1.165) is 19.5 Å². The lowest BCUT2D eigenvalue weighted by Crippen LogP contribution is -2.29. The zero-order chi connectivity index (χ0) is 17.4. The number of nitrogens with one attached hydrogen (secondary N) is 2. The molecule has 1 aliphatic rings. The van der Waals surface area contributed by atoms with Crippen molar-refractivity contribution >= 4 is 10.9 Å². The van der Waals surface area contributed by atoms with Gasteiger partial charge in [-0.3, -0.25) is 9.55 Å². The van der Waals surface area contributed by atoms with Crippen molar-refractivity contribution < 1.29 is 5.11 Å². The van der Waals surface area contributed by atoms with Crippen LogP contribution in [0.2, 0.25) is 0 Å². The molecule has 0 saturated carbocycles. The van der Waals surface area contributed by atoms with Crippen molar-refractivity contribution in [3.8, 4) is 5.88 Å². The summed E-state index contributed by atoms with van der Waals surface area (Å²) in [5, 5.41) is 10.7. The summed E-state index contributed by atoms with van der Waals surface area (Å²) < 4.78 is 1.51. The summed E-state index contributed by atoms with van der Waals surface area (Å²) in [7, 11) is 2.18. The monoisotopic (exact) mass is 340 g/mol. The Morgan fingerprint density at radius 3 is 2.80 bits per heavy atom. The van der Waals surface area contributed by atoms with Crippen LogP contribution in [0.3, 0.4) is 0 Å². The first-order chi connectivity index (χ1) is 12.1. The number of aromatic amines is 2. The lowest BCUT2D eigenvalue weighted by Gasteiger charge is -2.28. The number of likely N-dealkylation sites (tertiary alicyclic amines) is 1. The van der Waals surface area contributed by atoms with Crippen LogP contribution in [0.5, 0.6) is 5.88 Å². The van der Waals surface area contributed by atoms with Crippen LogP contribution in [-0.2, 0) is 13.0 Å². The van der Waals surface area contributed by atoms with E-state index in [4.69, 9.17) is 0 Å². The maximum Gasteiger partial charge on any atom is 0.328 e. The van der Waals surface area contributed by atoms with Crippen molar-refractivity contribution in [1.29, 1.82) is 0 Å². The summed E-state index contributed by atoms with van der Waals surface area (Å²) in [5.74, 6) is 0.528. The maximum absolute atomic E-state index is 11.7. The number of hydrogen-bond donors (Lipinski definition) is 3. The molecule has 132 valence electrons. The standard InChI is InChI=1S/C19H24N4O2/c1-22-7-5-14(6-8-22)16-11-20-17-3-2-13(10-15(16)17)4-9-23-12-18(24)21-19(23)25/h2-3,10-12,14,20,24H,4-9H2,1H3,(H,21,25). The highest BCUT2D eigenvalue weighted by atomic mass is 16.3. The van der Waals surface area contributed by atoms with Gasteiger partial charge in [-0.1, -0.05) is 6.07 Å². The van der Waals surface area contributed by atoms with E-state index in [0.29, 0.717) is 12.5 Å². The number of aromatic nitrogens is 3. The number of piperidine rings is 1. The van der Waals surface area contributed by atoms with E-state index >= 15 is 0 Å². The van der Waals surface area contributed by atoms with Gasteiger partial charge in [0, 0.05) is 23.6 Å². The molecule has 2 aromatic heterocycles. The van der Waals surface area contributed by atoms with Crippen LogP contribution in [-0.4, -0.2) is 44.7 Å². The molecular formula is C19H24N4O2. The largest absolute Gasteiger partial charge is 0.493 e. The van der Waals surface area contributed by atoms with E-state index in [1.54, 1.807) is 0 Å². The zero-order valence-electron chi connectivity index (χ0n) is 14.5. The second-order valence-electron chi connectivity index (χ2n) is 7.09. The van der Waals surface area contributed by atoms with Gasteiger partial charge in [-0.05, 0) is 68.6 Å². The molecule has 3 heterocycles. The Balaban J connectivity index is 1.55. The van der Waals surface area contributed by atoms with Crippen LogP contribution in [0.25, 0.3) is 10.9 Å². The number of imidazole rings is 1. The smallest absolute Gasteiger partial charge is 0.328 e. The molecule has 0 radical (unpaired) electrons. The van der Waals surface area contributed by atoms with Crippen LogP contribution in [0.4, 0.5) is 0 Å². The molecule has 0 atom stereocenters. The Kier molecular flexibility index (Phi) is 4.13. The summed E-state index contributed by atoms with van der Waals surface area (Å²) in [6.07, 6.45) is 6.77. The third-order valence-electron chi connectivity index (χ3n) is 5.35. The average Bonchev–Trinajstić information content (AvgIpc) is 3.16. The molecule has 25 heavy (non-hydrogen) atoms. The molecule has 1 aromatic carbocycles. The fraction of sp³-hybridized carbons (Fsp3) is 0.421. The first-order valence-electron chi connectivity index (χ1n) is 8.87. The minimum absolute atomic E-state index is 0.0874. The van der Waals surface area contributed by atoms with Gasteiger partial charge in [0.25, 0.3) is 0 Å². The van der Waals surface area contributed by atoms with Gasteiger partial charge >= 0.3 is 5.69 Å². The molecule has 1 fully saturated rings. The topological polar surface area (TPSA) is 77.0 Å². The Morgan fingerprint density at radius 2 is 2.08 bits per heavy atom. The first-order valence-corrected chi connectivity index (χ1v) is 8.87. The van der Waals surface area contributed by atoms with Gasteiger partial charge in [-0.2, -0.15) is 0 Å². The van der Waals surface area contributed by atoms with Crippen molar-refractivity contribution in [3.05, 3.63) is 52.2 Å². The fourth-order valence-corrected chi connectivity index (χ4v) is 3.84. The molecule has 0 spiro atoms. The summed E-state index contributed by atoms with van der Waals surface area (Å²) in [4.78, 5) is 19.8. The minimum Gasteiger partial charge on any atom is -0.493 e. The SMILES string of the molecule is CN1CCC(c2c[nH]c3ccc(CCn4cc(O)[nH]c4=O)cc23)CC1. The number of nitrogens with zero attached hydrogens (tertiary/aromatic N) is 2. The number of rotatable bonds is 4. The van der Waals surface area contributed by atoms with Crippen molar-refractivity contribution in [1.82, 2.24) is 19.4 Å². The van der Waals surface area contributed by atoms with E-state index < -0.39 is 0 Å². The summed E-state index contributed by atoms with van der Waals surface area (Å²) in [6, 6.07) is 6.48. The van der Waals surface area contributed by atoms with Crippen LogP contribution < -0.4 is 5.69 Å². The lowest BCUT2D eigenvalue weighted by molar-refractivity contribution is 0.256. The molecule has 4 rings (SSSR count). The van der Waals surface area contributed by atoms with Crippen LogP contribution in [0.15, 0.2) is 35.4 Å². The molecule has 0 bridgehead atoms. The summed E-state index contributed by atoms with van der Waals surface area (Å²) >= 11 is 0. The van der Waals surface area contributed by atoms with Crippen LogP contribution >= 0.6 is 0 Å². The maximum atomic E-state index is 11.7. The Labute approximate surface area is 146 Å². The number of benzene rings is 1. The quantitative estimate of drug-likeness (QED) is 0.683. The molecule has 0 unspecified atom stereocenters. The lowest BCUT2D eigenvalue weighted by atomic mass is 9.89. The predicted octanol–water partition coefficient (Wildman–Crippen LogP) is 2.42. The van der Waals surface area contributed by atoms with E-state index in [-0.39, 0.29) is 11.6 Å². The number of hydrogen-bond acceptors (Lipinski definition) is 3. The minimum atomic E-state index is -0.271. The summed E-state index contributed by atoms with van der Waals surface area (Å²) in [6.45, 7) is 2.85. The van der Waals surface area contributed by atoms with Gasteiger partial charge in [0.05, 0.1) is 6.20 Å². The molecule has 6 nitrogen and oxygen atoms in total. The summed E-state index contributed by atoms with van der Waals surface area (Å²) in [5.41, 5.74) is 3.52. The molecule has 3 N–H and O–H groups in total. The van der Waals surface area contributed by atoms with E-state index in [2.05, 4.69) is 46.3 Å². The van der Waals surface area contributed by atoms with Gasteiger partial charge in [0.1, 0.15) is 0 Å². The van der Waals surface area contributed by atoms with Gasteiger partial charge in [-0.25, -0.2) is 4.79 Å². The number of aryl methyl sites for hydroxylation is 2. The third kappa shape index (κ3) is 3.22. The molecular weight excluding hydrogens is 316 g/mol. The molecule has 1 aliphatic heterocycles. The molecule has 3 aromatic rings. The van der Waals surface area contributed by atoms with Gasteiger partial charge in [0.2, 0.25) is 5.88 Å². The van der Waals surface area contributed by atoms with E-state index in [1.807, 2.05) is 0 Å². The zero-order valence-corrected chi connectivity index (χ0v) is 14.5. The molecule has 6 heteroatoms. The molecule has 0 amide bonds. The highest BCUT2D eigenvalue weighted by Gasteiger charge is 2.21. The number of aromatic hydroxyl groups is 1. The van der Waals surface area contributed by atoms with E-state index in [9.17, 15) is 9.90 Å².